The van der Waals surface area contributed by atoms with Gasteiger partial charge in [0, 0.05) is 19.5 Å². The Hall–Kier alpha value is -1.63. The van der Waals surface area contributed by atoms with Gasteiger partial charge in [0.2, 0.25) is 5.91 Å². The third-order valence-electron chi connectivity index (χ3n) is 3.77. The highest BCUT2D eigenvalue weighted by molar-refractivity contribution is 5.96. The van der Waals surface area contributed by atoms with Crippen LogP contribution in [0.15, 0.2) is 0 Å². The number of amides is 2. The standard InChI is InChI=1S/C12H18N2O5/c1-12(6-19-12)9(15)8(13-11(17)18)5-7-3-4-14(2)10(7)16/h7-8,13H,3-6H2,1-2H3,(H,17,18)/t7?,8-,12+/m0/s1. The summed E-state index contributed by atoms with van der Waals surface area (Å²) < 4.78 is 5.05. The number of hydrogen-bond acceptors (Lipinski definition) is 4. The van der Waals surface area contributed by atoms with Gasteiger partial charge in [0.15, 0.2) is 5.78 Å². The highest BCUT2D eigenvalue weighted by atomic mass is 16.6. The Morgan fingerprint density at radius 1 is 1.63 bits per heavy atom. The minimum atomic E-state index is -1.26. The maximum atomic E-state index is 12.2. The number of Topliss-reactive ketones (excluding diaryl/α,β-unsaturated/α-hetero) is 1. The van der Waals surface area contributed by atoms with Crippen LogP contribution in [0, 0.1) is 5.92 Å². The Kier molecular flexibility index (Phi) is 3.49. The van der Waals surface area contributed by atoms with E-state index in [0.717, 1.165) is 0 Å². The van der Waals surface area contributed by atoms with Crippen LogP contribution in [-0.4, -0.2) is 59.6 Å². The predicted octanol–water partition coefficient (Wildman–Crippen LogP) is -0.151. The van der Waals surface area contributed by atoms with Crippen LogP contribution in [0.5, 0.6) is 0 Å². The molecular formula is C12H18N2O5. The number of rotatable bonds is 5. The molecular weight excluding hydrogens is 252 g/mol. The quantitative estimate of drug-likeness (QED) is 0.677. The normalized spacial score (nSPS) is 31.2. The molecule has 0 aromatic carbocycles. The maximum absolute atomic E-state index is 12.2. The summed E-state index contributed by atoms with van der Waals surface area (Å²) in [4.78, 5) is 36.4. The lowest BCUT2D eigenvalue weighted by Crippen LogP contribution is -2.47. The molecule has 2 saturated heterocycles. The van der Waals surface area contributed by atoms with E-state index in [4.69, 9.17) is 9.84 Å². The van der Waals surface area contributed by atoms with E-state index in [2.05, 4.69) is 5.32 Å². The summed E-state index contributed by atoms with van der Waals surface area (Å²) in [6, 6.07) is -0.884. The van der Waals surface area contributed by atoms with Crippen molar-refractivity contribution in [2.45, 2.75) is 31.4 Å². The summed E-state index contributed by atoms with van der Waals surface area (Å²) in [6.45, 7) is 2.59. The molecule has 19 heavy (non-hydrogen) atoms. The number of carboxylic acid groups (broad SMARTS) is 1. The fourth-order valence-electron chi connectivity index (χ4n) is 2.40. The van der Waals surface area contributed by atoms with E-state index in [1.54, 1.807) is 18.9 Å². The van der Waals surface area contributed by atoms with Gasteiger partial charge in [0.1, 0.15) is 5.60 Å². The fraction of sp³-hybridized carbons (Fsp3) is 0.750. The Morgan fingerprint density at radius 3 is 2.68 bits per heavy atom. The summed E-state index contributed by atoms with van der Waals surface area (Å²) in [5.74, 6) is -0.628. The first-order valence-electron chi connectivity index (χ1n) is 6.26. The summed E-state index contributed by atoms with van der Waals surface area (Å²) in [5, 5.41) is 11.0. The van der Waals surface area contributed by atoms with Crippen molar-refractivity contribution in [1.82, 2.24) is 10.2 Å². The second-order valence-corrected chi connectivity index (χ2v) is 5.37. The largest absolute Gasteiger partial charge is 0.465 e. The zero-order chi connectivity index (χ0) is 14.2. The summed E-state index contributed by atoms with van der Waals surface area (Å²) in [5.41, 5.74) is -0.888. The molecule has 7 heteroatoms. The molecule has 0 bridgehead atoms. The van der Waals surface area contributed by atoms with E-state index in [0.29, 0.717) is 19.6 Å². The molecule has 0 aromatic rings. The van der Waals surface area contributed by atoms with E-state index in [-0.39, 0.29) is 24.0 Å². The molecule has 0 spiro atoms. The highest BCUT2D eigenvalue weighted by Gasteiger charge is 2.51. The van der Waals surface area contributed by atoms with Crippen molar-refractivity contribution in [2.75, 3.05) is 20.2 Å². The number of hydrogen-bond donors (Lipinski definition) is 2. The molecule has 0 aliphatic carbocycles. The maximum Gasteiger partial charge on any atom is 0.405 e. The van der Waals surface area contributed by atoms with Crippen LogP contribution in [0.2, 0.25) is 0 Å². The van der Waals surface area contributed by atoms with Crippen LogP contribution in [0.25, 0.3) is 0 Å². The van der Waals surface area contributed by atoms with Gasteiger partial charge in [-0.15, -0.1) is 0 Å². The first kappa shape index (κ1) is 13.8. The molecule has 2 rings (SSSR count). The van der Waals surface area contributed by atoms with E-state index in [1.807, 2.05) is 0 Å². The van der Waals surface area contributed by atoms with Crippen LogP contribution < -0.4 is 5.32 Å². The topological polar surface area (TPSA) is 99.2 Å². The third kappa shape index (κ3) is 2.86. The average molecular weight is 270 g/mol. The van der Waals surface area contributed by atoms with E-state index in [9.17, 15) is 14.4 Å². The Morgan fingerprint density at radius 2 is 2.26 bits per heavy atom. The Bertz CT molecular complexity index is 418. The summed E-state index contributed by atoms with van der Waals surface area (Å²) in [6.07, 6.45) is -0.410. The van der Waals surface area contributed by atoms with Crippen molar-refractivity contribution in [3.05, 3.63) is 0 Å². The molecule has 3 atom stereocenters. The highest BCUT2D eigenvalue weighted by Crippen LogP contribution is 2.31. The Balaban J connectivity index is 2.04. The molecule has 0 saturated carbocycles. The van der Waals surface area contributed by atoms with Crippen molar-refractivity contribution >= 4 is 17.8 Å². The molecule has 2 aliphatic heterocycles. The minimum absolute atomic E-state index is 0.0353. The van der Waals surface area contributed by atoms with E-state index in [1.165, 1.54) is 0 Å². The first-order valence-corrected chi connectivity index (χ1v) is 6.26. The van der Waals surface area contributed by atoms with Crippen LogP contribution in [0.4, 0.5) is 4.79 Å². The fourth-order valence-corrected chi connectivity index (χ4v) is 2.40. The third-order valence-corrected chi connectivity index (χ3v) is 3.77. The Labute approximate surface area is 110 Å². The number of carbonyl (C=O) groups excluding carboxylic acids is 2. The minimum Gasteiger partial charge on any atom is -0.465 e. The number of nitrogens with zero attached hydrogens (tertiary/aromatic N) is 1. The number of ether oxygens (including phenoxy) is 1. The van der Waals surface area contributed by atoms with Crippen molar-refractivity contribution < 1.29 is 24.2 Å². The van der Waals surface area contributed by atoms with Gasteiger partial charge in [-0.05, 0) is 19.8 Å². The second kappa shape index (κ2) is 4.80. The van der Waals surface area contributed by atoms with Crippen LogP contribution >= 0.6 is 0 Å². The molecule has 1 unspecified atom stereocenters. The van der Waals surface area contributed by atoms with Gasteiger partial charge in [-0.1, -0.05) is 0 Å². The van der Waals surface area contributed by atoms with Gasteiger partial charge in [0.25, 0.3) is 0 Å². The molecule has 2 heterocycles. The number of epoxide rings is 1. The molecule has 0 aromatic heterocycles. The lowest BCUT2D eigenvalue weighted by molar-refractivity contribution is -0.131. The molecule has 2 aliphatic rings. The number of carbonyl (C=O) groups is 3. The number of ketones is 1. The van der Waals surface area contributed by atoms with Crippen molar-refractivity contribution in [1.29, 1.82) is 0 Å². The zero-order valence-corrected chi connectivity index (χ0v) is 11.0. The monoisotopic (exact) mass is 270 g/mol. The zero-order valence-electron chi connectivity index (χ0n) is 11.0. The molecule has 2 amide bonds. The molecule has 0 radical (unpaired) electrons. The molecule has 2 N–H and O–H groups in total. The summed E-state index contributed by atoms with van der Waals surface area (Å²) in [7, 11) is 1.70. The predicted molar refractivity (Wildman–Crippen MR) is 64.7 cm³/mol. The number of likely N-dealkylation sites (tertiary alicyclic amines) is 1. The second-order valence-electron chi connectivity index (χ2n) is 5.37. The summed E-state index contributed by atoms with van der Waals surface area (Å²) >= 11 is 0. The van der Waals surface area contributed by atoms with Crippen molar-refractivity contribution in [2.24, 2.45) is 5.92 Å². The van der Waals surface area contributed by atoms with Gasteiger partial charge in [0.05, 0.1) is 12.6 Å². The van der Waals surface area contributed by atoms with Gasteiger partial charge in [-0.25, -0.2) is 4.79 Å². The SMILES string of the molecule is CN1CCC(C[C@H](NC(=O)O)C(=O)[C@@]2(C)CO2)C1=O. The van der Waals surface area contributed by atoms with Crippen LogP contribution in [0.3, 0.4) is 0 Å². The average Bonchev–Trinajstić information content (AvgIpc) is 3.02. The number of nitrogens with one attached hydrogen (secondary N) is 1. The van der Waals surface area contributed by atoms with Gasteiger partial charge < -0.3 is 20.1 Å². The van der Waals surface area contributed by atoms with Gasteiger partial charge in [-0.2, -0.15) is 0 Å². The molecule has 2 fully saturated rings. The van der Waals surface area contributed by atoms with Gasteiger partial charge >= 0.3 is 6.09 Å². The molecule has 7 nitrogen and oxygen atoms in total. The first-order chi connectivity index (χ1) is 8.83. The van der Waals surface area contributed by atoms with Crippen molar-refractivity contribution in [3.63, 3.8) is 0 Å². The lowest BCUT2D eigenvalue weighted by atomic mass is 9.91. The van der Waals surface area contributed by atoms with E-state index < -0.39 is 17.7 Å². The van der Waals surface area contributed by atoms with Crippen LogP contribution in [0.1, 0.15) is 19.8 Å². The van der Waals surface area contributed by atoms with E-state index >= 15 is 0 Å². The molecule has 106 valence electrons. The van der Waals surface area contributed by atoms with Gasteiger partial charge in [-0.3, -0.25) is 9.59 Å². The van der Waals surface area contributed by atoms with Crippen molar-refractivity contribution in [3.8, 4) is 0 Å². The van der Waals surface area contributed by atoms with Crippen LogP contribution in [-0.2, 0) is 14.3 Å². The lowest BCUT2D eigenvalue weighted by Gasteiger charge is -2.20. The smallest absolute Gasteiger partial charge is 0.405 e.